The summed E-state index contributed by atoms with van der Waals surface area (Å²) in [6, 6.07) is 13.6. The monoisotopic (exact) mass is 474 g/mol. The largest absolute Gasteiger partial charge is 0.507 e. The molecule has 4 aromatic rings. The van der Waals surface area contributed by atoms with Gasteiger partial charge in [-0.2, -0.15) is 0 Å². The average Bonchev–Trinajstić information content (AvgIpc) is 2.87. The summed E-state index contributed by atoms with van der Waals surface area (Å²) in [5.74, 6) is 0.542. The van der Waals surface area contributed by atoms with Gasteiger partial charge in [0.2, 0.25) is 5.43 Å². The summed E-state index contributed by atoms with van der Waals surface area (Å²) in [5.41, 5.74) is 1.90. The predicted molar refractivity (Wildman–Crippen MR) is 128 cm³/mol. The summed E-state index contributed by atoms with van der Waals surface area (Å²) in [6.07, 6.45) is 1.38. The third-order valence-electron chi connectivity index (χ3n) is 6.18. The fourth-order valence-electron chi connectivity index (χ4n) is 4.46. The maximum atomic E-state index is 13.5. The van der Waals surface area contributed by atoms with E-state index in [1.165, 1.54) is 26.5 Å². The number of carbonyl (C=O) groups excluding carboxylic acids is 1. The van der Waals surface area contributed by atoms with E-state index in [1.807, 2.05) is 6.07 Å². The van der Waals surface area contributed by atoms with Gasteiger partial charge in [-0.1, -0.05) is 18.2 Å². The fourth-order valence-corrected chi connectivity index (χ4v) is 4.46. The van der Waals surface area contributed by atoms with Gasteiger partial charge in [-0.05, 0) is 35.4 Å². The molecule has 8 heteroatoms. The van der Waals surface area contributed by atoms with Gasteiger partial charge in [-0.3, -0.25) is 9.59 Å². The first-order chi connectivity index (χ1) is 16.9. The summed E-state index contributed by atoms with van der Waals surface area (Å²) in [6.45, 7) is 0. The van der Waals surface area contributed by atoms with Crippen molar-refractivity contribution >= 4 is 16.9 Å². The van der Waals surface area contributed by atoms with Gasteiger partial charge in [0, 0.05) is 17.5 Å². The van der Waals surface area contributed by atoms with Crippen LogP contribution in [-0.2, 0) is 4.79 Å². The third-order valence-corrected chi connectivity index (χ3v) is 6.18. The van der Waals surface area contributed by atoms with Gasteiger partial charge in [0.15, 0.2) is 11.5 Å². The maximum Gasteiger partial charge on any atom is 0.312 e. The predicted octanol–water partition coefficient (Wildman–Crippen LogP) is 4.63. The number of methoxy groups -OCH3 is 3. The Morgan fingerprint density at radius 1 is 0.914 bits per heavy atom. The van der Waals surface area contributed by atoms with Crippen molar-refractivity contribution in [2.45, 2.75) is 12.3 Å². The Bertz CT molecular complexity index is 1500. The van der Waals surface area contributed by atoms with Crippen LogP contribution in [0, 0.1) is 0 Å². The van der Waals surface area contributed by atoms with Crippen molar-refractivity contribution in [2.75, 3.05) is 21.3 Å². The molecule has 178 valence electrons. The number of carbonyl (C=O) groups is 1. The summed E-state index contributed by atoms with van der Waals surface area (Å²) in [7, 11) is 4.62. The molecule has 5 rings (SSSR count). The highest BCUT2D eigenvalue weighted by Gasteiger charge is 2.34. The van der Waals surface area contributed by atoms with E-state index in [4.69, 9.17) is 23.4 Å². The summed E-state index contributed by atoms with van der Waals surface area (Å²) < 4.78 is 27.3. The van der Waals surface area contributed by atoms with E-state index in [-0.39, 0.29) is 34.5 Å². The highest BCUT2D eigenvalue weighted by atomic mass is 16.5. The molecule has 1 aliphatic rings. The lowest BCUT2D eigenvalue weighted by molar-refractivity contribution is -0.135. The van der Waals surface area contributed by atoms with E-state index in [1.54, 1.807) is 43.5 Å². The molecule has 0 aliphatic carbocycles. The molecule has 1 unspecified atom stereocenters. The van der Waals surface area contributed by atoms with Crippen molar-refractivity contribution in [1.29, 1.82) is 0 Å². The Hall–Kier alpha value is -4.46. The number of esters is 1. The second kappa shape index (κ2) is 8.72. The Kier molecular flexibility index (Phi) is 5.56. The van der Waals surface area contributed by atoms with Crippen molar-refractivity contribution in [3.8, 4) is 39.9 Å². The Morgan fingerprint density at radius 3 is 2.34 bits per heavy atom. The van der Waals surface area contributed by atoms with Crippen LogP contribution in [0.3, 0.4) is 0 Å². The lowest BCUT2D eigenvalue weighted by Gasteiger charge is -2.26. The number of benzene rings is 3. The number of hydrogen-bond acceptors (Lipinski definition) is 8. The Balaban J connectivity index is 1.72. The highest BCUT2D eigenvalue weighted by molar-refractivity contribution is 5.94. The number of phenols is 1. The van der Waals surface area contributed by atoms with Crippen molar-refractivity contribution in [2.24, 2.45) is 0 Å². The number of fused-ring (bicyclic) bond motifs is 3. The van der Waals surface area contributed by atoms with Crippen LogP contribution >= 0.6 is 0 Å². The summed E-state index contributed by atoms with van der Waals surface area (Å²) >= 11 is 0. The second-order valence-corrected chi connectivity index (χ2v) is 8.06. The molecule has 1 N–H and O–H groups in total. The first-order valence-electron chi connectivity index (χ1n) is 10.8. The first kappa shape index (κ1) is 22.3. The SMILES string of the molecule is COc1ccc(-c2coc3c4c(cc(O)c3c2=O)OC(=O)CC4c2ccc(OC)c(OC)c2)cc1. The molecule has 0 saturated heterocycles. The lowest BCUT2D eigenvalue weighted by atomic mass is 9.84. The normalized spacial score (nSPS) is 14.8. The van der Waals surface area contributed by atoms with E-state index >= 15 is 0 Å². The Labute approximate surface area is 200 Å². The van der Waals surface area contributed by atoms with Crippen molar-refractivity contribution < 1.29 is 33.3 Å². The van der Waals surface area contributed by atoms with Crippen molar-refractivity contribution in [3.05, 3.63) is 76.1 Å². The van der Waals surface area contributed by atoms with Crippen LogP contribution in [0.4, 0.5) is 0 Å². The van der Waals surface area contributed by atoms with E-state index in [9.17, 15) is 14.7 Å². The molecular weight excluding hydrogens is 452 g/mol. The summed E-state index contributed by atoms with van der Waals surface area (Å²) in [5, 5.41) is 10.8. The number of hydrogen-bond donors (Lipinski definition) is 1. The zero-order valence-electron chi connectivity index (χ0n) is 19.3. The zero-order chi connectivity index (χ0) is 24.7. The smallest absolute Gasteiger partial charge is 0.312 e. The lowest BCUT2D eigenvalue weighted by Crippen LogP contribution is -2.22. The van der Waals surface area contributed by atoms with Crippen molar-refractivity contribution in [1.82, 2.24) is 0 Å². The van der Waals surface area contributed by atoms with Crippen molar-refractivity contribution in [3.63, 3.8) is 0 Å². The van der Waals surface area contributed by atoms with Gasteiger partial charge >= 0.3 is 5.97 Å². The van der Waals surface area contributed by atoms with Crippen LogP contribution < -0.4 is 24.4 Å². The molecule has 0 amide bonds. The molecule has 0 saturated carbocycles. The highest BCUT2D eigenvalue weighted by Crippen LogP contribution is 2.46. The van der Waals surface area contributed by atoms with Crippen LogP contribution in [-0.4, -0.2) is 32.4 Å². The van der Waals surface area contributed by atoms with Crippen LogP contribution in [0.1, 0.15) is 23.5 Å². The summed E-state index contributed by atoms with van der Waals surface area (Å²) in [4.78, 5) is 25.9. The number of rotatable bonds is 5. The quantitative estimate of drug-likeness (QED) is 0.330. The van der Waals surface area contributed by atoms with Gasteiger partial charge in [0.25, 0.3) is 0 Å². The third kappa shape index (κ3) is 3.73. The van der Waals surface area contributed by atoms with E-state index < -0.39 is 17.3 Å². The molecule has 0 fully saturated rings. The van der Waals surface area contributed by atoms with E-state index in [2.05, 4.69) is 0 Å². The van der Waals surface area contributed by atoms with Gasteiger partial charge in [0.05, 0.1) is 33.3 Å². The molecule has 0 spiro atoms. The number of aromatic hydroxyl groups is 1. The topological polar surface area (TPSA) is 104 Å². The fraction of sp³-hybridized carbons (Fsp3) is 0.185. The van der Waals surface area contributed by atoms with Crippen LogP contribution in [0.25, 0.3) is 22.1 Å². The Morgan fingerprint density at radius 2 is 1.66 bits per heavy atom. The minimum Gasteiger partial charge on any atom is -0.507 e. The van der Waals surface area contributed by atoms with Gasteiger partial charge in [-0.15, -0.1) is 0 Å². The second-order valence-electron chi connectivity index (χ2n) is 8.06. The molecule has 0 bridgehead atoms. The molecule has 8 nitrogen and oxygen atoms in total. The molecule has 3 aromatic carbocycles. The van der Waals surface area contributed by atoms with Gasteiger partial charge in [-0.25, -0.2) is 0 Å². The minimum atomic E-state index is -0.496. The standard InChI is InChI=1S/C27H22O8/c1-31-16-7-4-14(5-8-16)18-13-34-27-24-17(15-6-9-20(32-2)21(10-15)33-3)11-23(29)35-22(24)12-19(28)25(27)26(18)30/h4-10,12-13,17,28H,11H2,1-3H3. The molecule has 35 heavy (non-hydrogen) atoms. The molecule has 2 heterocycles. The van der Waals surface area contributed by atoms with Crippen LogP contribution in [0.15, 0.2) is 64.0 Å². The molecule has 1 aliphatic heterocycles. The number of phenolic OH excluding ortho intramolecular Hbond substituents is 1. The molecular formula is C27H22O8. The first-order valence-corrected chi connectivity index (χ1v) is 10.8. The van der Waals surface area contributed by atoms with Gasteiger partial charge < -0.3 is 28.5 Å². The zero-order valence-corrected chi connectivity index (χ0v) is 19.3. The van der Waals surface area contributed by atoms with E-state index in [0.717, 1.165) is 5.56 Å². The van der Waals surface area contributed by atoms with E-state index in [0.29, 0.717) is 28.4 Å². The molecule has 1 aromatic heterocycles. The van der Waals surface area contributed by atoms with Crippen LogP contribution in [0.5, 0.6) is 28.7 Å². The maximum absolute atomic E-state index is 13.5. The van der Waals surface area contributed by atoms with Crippen LogP contribution in [0.2, 0.25) is 0 Å². The number of ether oxygens (including phenoxy) is 4. The molecule has 0 radical (unpaired) electrons. The van der Waals surface area contributed by atoms with Gasteiger partial charge in [0.1, 0.15) is 34.5 Å². The minimum absolute atomic E-state index is 0.0143. The molecule has 1 atom stereocenters. The average molecular weight is 474 g/mol.